The molecule has 124 valence electrons. The molecule has 1 aliphatic rings. The SMILES string of the molecule is O=C(O)C1Cc2c([nH]c3ccccc23)C(c2cccc3nsnc23)N1. The summed E-state index contributed by atoms with van der Waals surface area (Å²) in [7, 11) is 0. The molecule has 3 N–H and O–H groups in total. The molecule has 5 rings (SSSR count). The molecule has 0 saturated carbocycles. The maximum atomic E-state index is 11.7. The Morgan fingerprint density at radius 1 is 1.16 bits per heavy atom. The van der Waals surface area contributed by atoms with Gasteiger partial charge in [0.05, 0.1) is 17.8 Å². The standard InChI is InChI=1S/C18H14N4O2S/c23-18(24)14-8-11-9-4-1-2-6-12(9)19-17(11)16(20-14)10-5-3-7-13-15(10)22-25-21-13/h1-7,14,16,19-20H,8H2,(H,23,24). The number of fused-ring (bicyclic) bond motifs is 4. The normalized spacial score (nSPS) is 20.0. The molecule has 0 aliphatic carbocycles. The number of H-pyrrole nitrogens is 1. The molecular weight excluding hydrogens is 336 g/mol. The van der Waals surface area contributed by atoms with Crippen LogP contribution in [0.2, 0.25) is 0 Å². The molecule has 0 spiro atoms. The molecule has 6 nitrogen and oxygen atoms in total. The van der Waals surface area contributed by atoms with Crippen LogP contribution in [0.4, 0.5) is 0 Å². The average Bonchev–Trinajstić information content (AvgIpc) is 3.25. The van der Waals surface area contributed by atoms with Crippen LogP contribution >= 0.6 is 11.7 Å². The van der Waals surface area contributed by atoms with Gasteiger partial charge in [-0.2, -0.15) is 8.75 Å². The largest absolute Gasteiger partial charge is 0.480 e. The molecule has 2 aromatic heterocycles. The molecule has 25 heavy (non-hydrogen) atoms. The third-order valence-corrected chi connectivity index (χ3v) is 5.38. The lowest BCUT2D eigenvalue weighted by molar-refractivity contribution is -0.139. The Morgan fingerprint density at radius 3 is 2.92 bits per heavy atom. The van der Waals surface area contributed by atoms with Crippen molar-refractivity contribution in [1.82, 2.24) is 19.0 Å². The van der Waals surface area contributed by atoms with Crippen molar-refractivity contribution in [3.8, 4) is 0 Å². The van der Waals surface area contributed by atoms with Crippen LogP contribution in [0.3, 0.4) is 0 Å². The van der Waals surface area contributed by atoms with Crippen molar-refractivity contribution in [2.45, 2.75) is 18.5 Å². The second-order valence-electron chi connectivity index (χ2n) is 6.24. The van der Waals surface area contributed by atoms with Gasteiger partial charge in [-0.05, 0) is 17.7 Å². The summed E-state index contributed by atoms with van der Waals surface area (Å²) in [6, 6.07) is 13.0. The zero-order chi connectivity index (χ0) is 17.0. The Labute approximate surface area is 146 Å². The first-order chi connectivity index (χ1) is 12.2. The van der Waals surface area contributed by atoms with Gasteiger partial charge in [-0.1, -0.05) is 30.3 Å². The van der Waals surface area contributed by atoms with Crippen LogP contribution in [0, 0.1) is 0 Å². The van der Waals surface area contributed by atoms with E-state index in [1.54, 1.807) is 0 Å². The highest BCUT2D eigenvalue weighted by Crippen LogP contribution is 2.37. The summed E-state index contributed by atoms with van der Waals surface area (Å²) >= 11 is 1.17. The summed E-state index contributed by atoms with van der Waals surface area (Å²) < 4.78 is 8.72. The maximum absolute atomic E-state index is 11.7. The minimum Gasteiger partial charge on any atom is -0.480 e. The molecule has 3 heterocycles. The number of carbonyl (C=O) groups is 1. The number of aromatic nitrogens is 3. The van der Waals surface area contributed by atoms with Gasteiger partial charge in [-0.15, -0.1) is 0 Å². The fraction of sp³-hybridized carbons (Fsp3) is 0.167. The molecular formula is C18H14N4O2S. The van der Waals surface area contributed by atoms with E-state index in [0.29, 0.717) is 6.42 Å². The summed E-state index contributed by atoms with van der Waals surface area (Å²) in [5.41, 5.74) is 5.70. The Hall–Kier alpha value is -2.77. The van der Waals surface area contributed by atoms with E-state index in [-0.39, 0.29) is 6.04 Å². The molecule has 0 fully saturated rings. The third-order valence-electron chi connectivity index (χ3n) is 4.84. The van der Waals surface area contributed by atoms with Gasteiger partial charge < -0.3 is 10.1 Å². The lowest BCUT2D eigenvalue weighted by atomic mass is 9.90. The Kier molecular flexibility index (Phi) is 3.13. The Morgan fingerprint density at radius 2 is 2.04 bits per heavy atom. The van der Waals surface area contributed by atoms with E-state index in [4.69, 9.17) is 0 Å². The molecule has 0 radical (unpaired) electrons. The maximum Gasteiger partial charge on any atom is 0.321 e. The van der Waals surface area contributed by atoms with E-state index in [1.165, 1.54) is 11.7 Å². The van der Waals surface area contributed by atoms with E-state index < -0.39 is 12.0 Å². The number of carboxylic acid groups (broad SMARTS) is 1. The minimum absolute atomic E-state index is 0.259. The number of nitrogens with one attached hydrogen (secondary N) is 2. The molecule has 2 atom stereocenters. The average molecular weight is 350 g/mol. The van der Waals surface area contributed by atoms with E-state index in [2.05, 4.69) is 19.0 Å². The van der Waals surface area contributed by atoms with Crippen molar-refractivity contribution >= 4 is 39.6 Å². The topological polar surface area (TPSA) is 90.9 Å². The monoisotopic (exact) mass is 350 g/mol. The van der Waals surface area contributed by atoms with Crippen LogP contribution in [0.25, 0.3) is 21.9 Å². The summed E-state index contributed by atoms with van der Waals surface area (Å²) in [6.45, 7) is 0. The van der Waals surface area contributed by atoms with Crippen molar-refractivity contribution < 1.29 is 9.90 Å². The van der Waals surface area contributed by atoms with E-state index in [0.717, 1.165) is 38.8 Å². The van der Waals surface area contributed by atoms with Crippen molar-refractivity contribution in [2.75, 3.05) is 0 Å². The number of rotatable bonds is 2. The molecule has 0 saturated heterocycles. The molecule has 0 amide bonds. The second kappa shape index (κ2) is 5.37. The van der Waals surface area contributed by atoms with Gasteiger partial charge in [0, 0.05) is 28.6 Å². The predicted octanol–water partition coefficient (Wildman–Crippen LogP) is 2.86. The number of carboxylic acids is 1. The number of nitrogens with zero attached hydrogens (tertiary/aromatic N) is 2. The minimum atomic E-state index is -0.843. The summed E-state index contributed by atoms with van der Waals surface area (Å²) in [6.07, 6.45) is 0.455. The molecule has 2 aromatic carbocycles. The highest BCUT2D eigenvalue weighted by molar-refractivity contribution is 7.00. The smallest absolute Gasteiger partial charge is 0.321 e. The van der Waals surface area contributed by atoms with Crippen molar-refractivity contribution in [3.05, 3.63) is 59.3 Å². The molecule has 2 unspecified atom stereocenters. The third kappa shape index (κ3) is 2.16. The lowest BCUT2D eigenvalue weighted by Crippen LogP contribution is -2.45. The molecule has 0 bridgehead atoms. The van der Waals surface area contributed by atoms with Gasteiger partial charge in [-0.25, -0.2) is 0 Å². The van der Waals surface area contributed by atoms with Crippen LogP contribution in [-0.2, 0) is 11.2 Å². The van der Waals surface area contributed by atoms with Crippen LogP contribution in [-0.4, -0.2) is 30.8 Å². The van der Waals surface area contributed by atoms with Gasteiger partial charge in [0.15, 0.2) is 0 Å². The van der Waals surface area contributed by atoms with Crippen molar-refractivity contribution in [2.24, 2.45) is 0 Å². The number of hydrogen-bond donors (Lipinski definition) is 3. The molecule has 1 aliphatic heterocycles. The number of hydrogen-bond acceptors (Lipinski definition) is 5. The first-order valence-corrected chi connectivity index (χ1v) is 8.75. The summed E-state index contributed by atoms with van der Waals surface area (Å²) in [5.74, 6) is -0.843. The van der Waals surface area contributed by atoms with Crippen molar-refractivity contribution in [3.63, 3.8) is 0 Å². The highest BCUT2D eigenvalue weighted by Gasteiger charge is 2.34. The molecule has 4 aromatic rings. The van der Waals surface area contributed by atoms with Crippen LogP contribution in [0.5, 0.6) is 0 Å². The number of aliphatic carboxylic acids is 1. The second-order valence-corrected chi connectivity index (χ2v) is 6.77. The zero-order valence-electron chi connectivity index (χ0n) is 13.1. The van der Waals surface area contributed by atoms with Gasteiger partial charge >= 0.3 is 5.97 Å². The number of para-hydroxylation sites is 1. The van der Waals surface area contributed by atoms with Crippen molar-refractivity contribution in [1.29, 1.82) is 0 Å². The van der Waals surface area contributed by atoms with Gasteiger partial charge in [0.2, 0.25) is 0 Å². The Balaban J connectivity index is 1.77. The van der Waals surface area contributed by atoms with Gasteiger partial charge in [0.25, 0.3) is 0 Å². The highest BCUT2D eigenvalue weighted by atomic mass is 32.1. The first-order valence-electron chi connectivity index (χ1n) is 8.02. The fourth-order valence-corrected chi connectivity index (χ4v) is 4.26. The Bertz CT molecular complexity index is 1120. The number of benzene rings is 2. The van der Waals surface area contributed by atoms with Gasteiger partial charge in [-0.3, -0.25) is 10.1 Å². The van der Waals surface area contributed by atoms with Crippen LogP contribution < -0.4 is 5.32 Å². The fourth-order valence-electron chi connectivity index (χ4n) is 3.70. The van der Waals surface area contributed by atoms with Crippen LogP contribution in [0.15, 0.2) is 42.5 Å². The van der Waals surface area contributed by atoms with Crippen LogP contribution in [0.1, 0.15) is 22.9 Å². The quantitative estimate of drug-likeness (QED) is 0.517. The first kappa shape index (κ1) is 14.6. The van der Waals surface area contributed by atoms with E-state index in [9.17, 15) is 9.90 Å². The predicted molar refractivity (Wildman–Crippen MR) is 95.8 cm³/mol. The summed E-state index contributed by atoms with van der Waals surface area (Å²) in [4.78, 5) is 15.2. The molecule has 7 heteroatoms. The van der Waals surface area contributed by atoms with E-state index in [1.807, 2.05) is 42.5 Å². The number of aromatic amines is 1. The van der Waals surface area contributed by atoms with E-state index >= 15 is 0 Å². The summed E-state index contributed by atoms with van der Waals surface area (Å²) in [5, 5.41) is 14.0. The zero-order valence-corrected chi connectivity index (χ0v) is 13.9. The van der Waals surface area contributed by atoms with Gasteiger partial charge in [0.1, 0.15) is 17.1 Å². The lowest BCUT2D eigenvalue weighted by Gasteiger charge is -2.29.